The Morgan fingerprint density at radius 1 is 0.976 bits per heavy atom. The van der Waals surface area contributed by atoms with Gasteiger partial charge in [-0.3, -0.25) is 15.0 Å². The van der Waals surface area contributed by atoms with Crippen molar-refractivity contribution in [2.75, 3.05) is 4.90 Å². The van der Waals surface area contributed by atoms with E-state index in [4.69, 9.17) is 14.2 Å². The second-order valence-corrected chi connectivity index (χ2v) is 12.5. The second kappa shape index (κ2) is 11.5. The number of carbonyl (C=O) groups excluding carboxylic acids is 3. The number of alkyl halides is 3. The summed E-state index contributed by atoms with van der Waals surface area (Å²) in [6, 6.07) is 12.4. The Balaban J connectivity index is 1.55. The molecule has 1 atom stereocenters. The van der Waals surface area contributed by atoms with Crippen molar-refractivity contribution >= 4 is 23.8 Å². The van der Waals surface area contributed by atoms with Gasteiger partial charge in [-0.2, -0.15) is 13.2 Å². The van der Waals surface area contributed by atoms with Crippen LogP contribution in [0.2, 0.25) is 0 Å². The number of aryl methyl sites for hydroxylation is 1. The van der Waals surface area contributed by atoms with Crippen LogP contribution in [-0.4, -0.2) is 35.0 Å². The number of nitrogens with one attached hydrogen (secondary N) is 1. The monoisotopic (exact) mass is 590 g/mol. The maximum atomic E-state index is 13.6. The van der Waals surface area contributed by atoms with Gasteiger partial charge in [0.05, 0.1) is 17.7 Å². The Morgan fingerprint density at radius 2 is 1.64 bits per heavy atom. The standard InChI is InChI=1S/C31H37F3N2O6/c1-28(2,3)42-27(39)36-24-14-13-23(31(32,33)34)17-21(24)15-16-30(36,22-11-12-22)35-26(38)41-29(4,5)18-25(37)40-19-20-9-7-6-8-10-20/h6-10,13-14,17,22H,11-12,15-16,18-19H2,1-5H3,(H,35,38). The van der Waals surface area contributed by atoms with Crippen LogP contribution in [-0.2, 0) is 38.2 Å². The van der Waals surface area contributed by atoms with Gasteiger partial charge in [0.2, 0.25) is 0 Å². The average Bonchev–Trinajstić information content (AvgIpc) is 3.71. The molecule has 42 heavy (non-hydrogen) atoms. The lowest BCUT2D eigenvalue weighted by atomic mass is 9.86. The lowest BCUT2D eigenvalue weighted by Crippen LogP contribution is -2.67. The highest BCUT2D eigenvalue weighted by Gasteiger charge is 2.56. The fourth-order valence-corrected chi connectivity index (χ4v) is 5.20. The third-order valence-electron chi connectivity index (χ3n) is 7.15. The van der Waals surface area contributed by atoms with E-state index in [0.717, 1.165) is 17.7 Å². The molecule has 228 valence electrons. The Morgan fingerprint density at radius 3 is 2.24 bits per heavy atom. The van der Waals surface area contributed by atoms with E-state index in [2.05, 4.69) is 5.32 Å². The minimum Gasteiger partial charge on any atom is -0.461 e. The number of esters is 1. The van der Waals surface area contributed by atoms with Crippen LogP contribution in [0.4, 0.5) is 28.4 Å². The number of rotatable bonds is 7. The van der Waals surface area contributed by atoms with Crippen molar-refractivity contribution in [3.8, 4) is 0 Å². The number of benzene rings is 2. The lowest BCUT2D eigenvalue weighted by Gasteiger charge is -2.48. The van der Waals surface area contributed by atoms with Crippen LogP contribution in [0.1, 0.15) is 77.0 Å². The lowest BCUT2D eigenvalue weighted by molar-refractivity contribution is -0.149. The van der Waals surface area contributed by atoms with Gasteiger partial charge in [0.25, 0.3) is 0 Å². The SMILES string of the molecule is CC(C)(C)OC(=O)N1c2ccc(C(F)(F)F)cc2CCC1(NC(=O)OC(C)(C)CC(=O)OCc1ccccc1)C1CC1. The smallest absolute Gasteiger partial charge is 0.416 e. The van der Waals surface area contributed by atoms with Crippen molar-refractivity contribution in [1.82, 2.24) is 5.32 Å². The Hall–Kier alpha value is -3.76. The summed E-state index contributed by atoms with van der Waals surface area (Å²) in [6.45, 7) is 8.27. The highest BCUT2D eigenvalue weighted by Crippen LogP contribution is 2.50. The molecule has 2 aliphatic rings. The van der Waals surface area contributed by atoms with Gasteiger partial charge >= 0.3 is 24.3 Å². The van der Waals surface area contributed by atoms with Gasteiger partial charge < -0.3 is 14.2 Å². The quantitative estimate of drug-likeness (QED) is 0.272. The molecule has 0 aromatic heterocycles. The first-order chi connectivity index (χ1) is 19.5. The predicted molar refractivity (Wildman–Crippen MR) is 148 cm³/mol. The molecular formula is C31H37F3N2O6. The minimum atomic E-state index is -4.55. The number of ether oxygens (including phenoxy) is 3. The Bertz CT molecular complexity index is 1320. The van der Waals surface area contributed by atoms with Crippen LogP contribution in [0.15, 0.2) is 48.5 Å². The second-order valence-electron chi connectivity index (χ2n) is 12.5. The molecular weight excluding hydrogens is 553 g/mol. The first kappa shape index (κ1) is 31.2. The topological polar surface area (TPSA) is 94.2 Å². The molecule has 4 rings (SSSR count). The Kier molecular flexibility index (Phi) is 8.53. The van der Waals surface area contributed by atoms with Gasteiger partial charge in [-0.1, -0.05) is 30.3 Å². The molecule has 1 heterocycles. The molecule has 0 saturated heterocycles. The van der Waals surface area contributed by atoms with E-state index in [9.17, 15) is 27.6 Å². The van der Waals surface area contributed by atoms with E-state index in [1.807, 2.05) is 30.3 Å². The predicted octanol–water partition coefficient (Wildman–Crippen LogP) is 7.14. The molecule has 0 bridgehead atoms. The molecule has 1 unspecified atom stereocenters. The van der Waals surface area contributed by atoms with Crippen molar-refractivity contribution in [3.05, 3.63) is 65.2 Å². The van der Waals surface area contributed by atoms with E-state index in [-0.39, 0.29) is 37.5 Å². The summed E-state index contributed by atoms with van der Waals surface area (Å²) in [6.07, 6.45) is -4.72. The van der Waals surface area contributed by atoms with E-state index >= 15 is 0 Å². The van der Waals surface area contributed by atoms with E-state index in [0.29, 0.717) is 18.4 Å². The number of alkyl carbamates (subject to hydrolysis) is 1. The zero-order chi connectivity index (χ0) is 30.9. The van der Waals surface area contributed by atoms with Crippen LogP contribution < -0.4 is 10.2 Å². The molecule has 1 saturated carbocycles. The Labute approximate surface area is 243 Å². The summed E-state index contributed by atoms with van der Waals surface area (Å²) in [4.78, 5) is 40.8. The molecule has 11 heteroatoms. The molecule has 8 nitrogen and oxygen atoms in total. The molecule has 0 spiro atoms. The number of hydrogen-bond donors (Lipinski definition) is 1. The summed E-state index contributed by atoms with van der Waals surface area (Å²) in [7, 11) is 0. The number of hydrogen-bond acceptors (Lipinski definition) is 6. The van der Waals surface area contributed by atoms with E-state index in [1.54, 1.807) is 34.6 Å². The van der Waals surface area contributed by atoms with Gasteiger partial charge in [-0.05, 0) is 89.6 Å². The summed E-state index contributed by atoms with van der Waals surface area (Å²) >= 11 is 0. The number of amides is 2. The van der Waals surface area contributed by atoms with Crippen molar-refractivity contribution in [2.24, 2.45) is 5.92 Å². The highest BCUT2D eigenvalue weighted by molar-refractivity contribution is 5.92. The first-order valence-electron chi connectivity index (χ1n) is 13.9. The molecule has 2 aromatic carbocycles. The van der Waals surface area contributed by atoms with E-state index in [1.165, 1.54) is 11.0 Å². The van der Waals surface area contributed by atoms with Crippen LogP contribution in [0.5, 0.6) is 0 Å². The van der Waals surface area contributed by atoms with Gasteiger partial charge in [0, 0.05) is 5.92 Å². The summed E-state index contributed by atoms with van der Waals surface area (Å²) in [5, 5.41) is 2.87. The number of halogens is 3. The number of nitrogens with zero attached hydrogens (tertiary/aromatic N) is 1. The van der Waals surface area contributed by atoms with Crippen molar-refractivity contribution in [1.29, 1.82) is 0 Å². The van der Waals surface area contributed by atoms with Crippen LogP contribution in [0, 0.1) is 5.92 Å². The summed E-state index contributed by atoms with van der Waals surface area (Å²) < 4.78 is 57.1. The fraction of sp³-hybridized carbons (Fsp3) is 0.516. The first-order valence-corrected chi connectivity index (χ1v) is 13.9. The summed E-state index contributed by atoms with van der Waals surface area (Å²) in [5.41, 5.74) is -2.90. The minimum absolute atomic E-state index is 0.0764. The normalized spacial score (nSPS) is 19.0. The van der Waals surface area contributed by atoms with Crippen molar-refractivity contribution < 1.29 is 41.8 Å². The third-order valence-corrected chi connectivity index (χ3v) is 7.15. The van der Waals surface area contributed by atoms with Gasteiger partial charge in [-0.25, -0.2) is 9.59 Å². The van der Waals surface area contributed by atoms with Gasteiger partial charge in [-0.15, -0.1) is 0 Å². The van der Waals surface area contributed by atoms with E-state index < -0.39 is 46.8 Å². The highest BCUT2D eigenvalue weighted by atomic mass is 19.4. The molecule has 1 aliphatic carbocycles. The van der Waals surface area contributed by atoms with Crippen LogP contribution >= 0.6 is 0 Å². The maximum absolute atomic E-state index is 13.6. The molecule has 0 radical (unpaired) electrons. The molecule has 1 aliphatic heterocycles. The van der Waals surface area contributed by atoms with Crippen molar-refractivity contribution in [2.45, 2.75) is 96.4 Å². The number of fused-ring (bicyclic) bond motifs is 1. The molecule has 2 aromatic rings. The average molecular weight is 591 g/mol. The van der Waals surface area contributed by atoms with Crippen molar-refractivity contribution in [3.63, 3.8) is 0 Å². The van der Waals surface area contributed by atoms with Crippen LogP contribution in [0.3, 0.4) is 0 Å². The third kappa shape index (κ3) is 7.54. The van der Waals surface area contributed by atoms with Gasteiger partial charge in [0.15, 0.2) is 0 Å². The fourth-order valence-electron chi connectivity index (χ4n) is 5.20. The number of carbonyl (C=O) groups is 3. The molecule has 1 fully saturated rings. The van der Waals surface area contributed by atoms with Crippen LogP contribution in [0.25, 0.3) is 0 Å². The zero-order valence-corrected chi connectivity index (χ0v) is 24.5. The molecule has 1 N–H and O–H groups in total. The van der Waals surface area contributed by atoms with Gasteiger partial charge in [0.1, 0.15) is 23.5 Å². The molecule has 2 amide bonds. The number of anilines is 1. The summed E-state index contributed by atoms with van der Waals surface area (Å²) in [5.74, 6) is -0.733. The largest absolute Gasteiger partial charge is 0.461 e. The maximum Gasteiger partial charge on any atom is 0.416 e. The zero-order valence-electron chi connectivity index (χ0n) is 24.5.